The largest absolute Gasteiger partial charge is 0.391 e. The zero-order valence-corrected chi connectivity index (χ0v) is 4.35. The van der Waals surface area contributed by atoms with Crippen LogP contribution in [0.1, 0.15) is 0 Å². The Bertz CT molecular complexity index is 95.0. The van der Waals surface area contributed by atoms with Crippen LogP contribution in [0.2, 0.25) is 0 Å². The lowest BCUT2D eigenvalue weighted by Gasteiger charge is -1.95. The van der Waals surface area contributed by atoms with Crippen molar-refractivity contribution in [3.8, 4) is 0 Å². The summed E-state index contributed by atoms with van der Waals surface area (Å²) in [5, 5.41) is 10.0. The molecule has 0 rings (SSSR count). The highest BCUT2D eigenvalue weighted by atomic mass is 16.3. The topological polar surface area (TPSA) is 49.3 Å². The smallest absolute Gasteiger partial charge is 0.249 e. The Morgan fingerprint density at radius 3 is 2.50 bits per heavy atom. The number of aliphatic hydroxyl groups excluding tert-OH is 1. The Hall–Kier alpha value is -0.830. The summed E-state index contributed by atoms with van der Waals surface area (Å²) in [6, 6.07) is 0. The summed E-state index contributed by atoms with van der Waals surface area (Å²) < 4.78 is 0. The molecule has 0 unspecified atom stereocenters. The van der Waals surface area contributed by atoms with Crippen molar-refractivity contribution in [3.63, 3.8) is 0 Å². The van der Waals surface area contributed by atoms with Crippen molar-refractivity contribution in [1.29, 1.82) is 0 Å². The van der Waals surface area contributed by atoms with Gasteiger partial charge in [-0.1, -0.05) is 6.58 Å². The maximum absolute atomic E-state index is 10.2. The first-order chi connectivity index (χ1) is 3.72. The summed E-state index contributed by atoms with van der Waals surface area (Å²) in [6.45, 7) is 2.84. The van der Waals surface area contributed by atoms with E-state index < -0.39 is 5.91 Å². The van der Waals surface area contributed by atoms with E-state index >= 15 is 0 Å². The van der Waals surface area contributed by atoms with E-state index in [1.807, 2.05) is 5.32 Å². The Balaban J connectivity index is 3.64. The number of aliphatic hydroxyl groups is 1. The van der Waals surface area contributed by atoms with Crippen LogP contribution in [-0.2, 0) is 4.79 Å². The molecule has 0 spiro atoms. The number of amides is 1. The third-order valence-electron chi connectivity index (χ3n) is 0.643. The van der Waals surface area contributed by atoms with Gasteiger partial charge in [0.25, 0.3) is 0 Å². The predicted molar refractivity (Wildman–Crippen MR) is 28.7 cm³/mol. The minimum atomic E-state index is -0.535. The van der Waals surface area contributed by atoms with Crippen LogP contribution in [0.4, 0.5) is 0 Å². The summed E-state index contributed by atoms with van der Waals surface area (Å²) in [5.74, 6) is -0.535. The molecule has 44 valence electrons. The monoisotopic (exact) mass is 113 g/mol. The number of carbonyl (C=O) groups is 1. The zero-order chi connectivity index (χ0) is 6.57. The zero-order valence-electron chi connectivity index (χ0n) is 4.35. The molecular formula is C5H7NO2. The highest BCUT2D eigenvalue weighted by molar-refractivity contribution is 5.92. The predicted octanol–water partition coefficient (Wildman–Crippen LogP) is -0.680. The molecule has 0 aromatic heterocycles. The van der Waals surface area contributed by atoms with Gasteiger partial charge >= 0.3 is 0 Å². The second-order valence-corrected chi connectivity index (χ2v) is 1.24. The first kappa shape index (κ1) is 7.17. The third kappa shape index (κ3) is 1.75. The molecule has 0 bridgehead atoms. The van der Waals surface area contributed by atoms with Gasteiger partial charge in [-0.2, -0.15) is 0 Å². The second-order valence-electron chi connectivity index (χ2n) is 1.24. The lowest BCUT2D eigenvalue weighted by atomic mass is 10.3. The number of carbonyl (C=O) groups excluding carboxylic acids is 1. The van der Waals surface area contributed by atoms with Gasteiger partial charge < -0.3 is 10.4 Å². The fourth-order valence-corrected chi connectivity index (χ4v) is 0.174. The van der Waals surface area contributed by atoms with Gasteiger partial charge in [-0.3, -0.25) is 4.79 Å². The van der Waals surface area contributed by atoms with Gasteiger partial charge in [0, 0.05) is 5.57 Å². The maximum Gasteiger partial charge on any atom is 0.249 e. The van der Waals surface area contributed by atoms with E-state index in [9.17, 15) is 4.79 Å². The summed E-state index contributed by atoms with van der Waals surface area (Å²) in [7, 11) is 4.68. The summed E-state index contributed by atoms with van der Waals surface area (Å²) >= 11 is 0. The first-order valence-electron chi connectivity index (χ1n) is 2.02. The molecule has 0 aromatic rings. The molecule has 8 heavy (non-hydrogen) atoms. The van der Waals surface area contributed by atoms with Gasteiger partial charge in [-0.25, -0.2) is 0 Å². The molecule has 2 radical (unpaired) electrons. The van der Waals surface area contributed by atoms with Crippen LogP contribution in [0.5, 0.6) is 0 Å². The molecule has 2 N–H and O–H groups in total. The maximum atomic E-state index is 10.2. The Morgan fingerprint density at radius 2 is 2.38 bits per heavy atom. The van der Waals surface area contributed by atoms with Gasteiger partial charge in [-0.05, 0) is 0 Å². The lowest BCUT2D eigenvalue weighted by Crippen LogP contribution is -2.18. The molecule has 0 fully saturated rings. The van der Waals surface area contributed by atoms with E-state index in [0.717, 1.165) is 0 Å². The highest BCUT2D eigenvalue weighted by Gasteiger charge is 1.99. The number of rotatable bonds is 2. The van der Waals surface area contributed by atoms with Crippen molar-refractivity contribution in [3.05, 3.63) is 19.2 Å². The minimum Gasteiger partial charge on any atom is -0.391 e. The minimum absolute atomic E-state index is 0.0625. The van der Waals surface area contributed by atoms with Crippen molar-refractivity contribution in [2.24, 2.45) is 0 Å². The van der Waals surface area contributed by atoms with Gasteiger partial charge in [0.1, 0.15) is 0 Å². The molecule has 0 aromatic carbocycles. The number of hydrogen-bond acceptors (Lipinski definition) is 2. The van der Waals surface area contributed by atoms with Crippen LogP contribution in [0.25, 0.3) is 0 Å². The molecule has 0 aliphatic rings. The number of hydrogen-bond donors (Lipinski definition) is 2. The fourth-order valence-electron chi connectivity index (χ4n) is 0.174. The molecule has 0 saturated heterocycles. The van der Waals surface area contributed by atoms with Gasteiger partial charge in [-0.15, -0.1) is 0 Å². The lowest BCUT2D eigenvalue weighted by molar-refractivity contribution is -0.117. The second kappa shape index (κ2) is 3.21. The normalized spacial score (nSPS) is 8.25. The van der Waals surface area contributed by atoms with Crippen LogP contribution >= 0.6 is 0 Å². The van der Waals surface area contributed by atoms with E-state index in [1.54, 1.807) is 0 Å². The van der Waals surface area contributed by atoms with Gasteiger partial charge in [0.2, 0.25) is 5.91 Å². The van der Waals surface area contributed by atoms with Crippen LogP contribution in [0, 0.1) is 7.05 Å². The van der Waals surface area contributed by atoms with Crippen molar-refractivity contribution in [2.45, 2.75) is 0 Å². The summed E-state index contributed by atoms with van der Waals surface area (Å²) in [6.07, 6.45) is 0. The van der Waals surface area contributed by atoms with Gasteiger partial charge in [0.05, 0.1) is 13.7 Å². The molecule has 0 aliphatic heterocycles. The standard InChI is InChI=1S/C5H7NO2/c1-4(3-7)5(8)6-2/h2,7H,1,3H2,(H,6,8). The van der Waals surface area contributed by atoms with Crippen LogP contribution in [0.15, 0.2) is 12.2 Å². The van der Waals surface area contributed by atoms with Crippen molar-refractivity contribution >= 4 is 5.91 Å². The molecule has 1 amide bonds. The Morgan fingerprint density at radius 1 is 1.88 bits per heavy atom. The molecule has 0 atom stereocenters. The molecule has 0 aliphatic carbocycles. The van der Waals surface area contributed by atoms with E-state index in [2.05, 4.69) is 13.6 Å². The van der Waals surface area contributed by atoms with E-state index in [4.69, 9.17) is 5.11 Å². The Kier molecular flexibility index (Phi) is 2.88. The first-order valence-corrected chi connectivity index (χ1v) is 2.02. The van der Waals surface area contributed by atoms with Crippen molar-refractivity contribution in [2.75, 3.05) is 6.61 Å². The molecule has 0 heterocycles. The molecule has 3 nitrogen and oxygen atoms in total. The molecule has 3 heteroatoms. The van der Waals surface area contributed by atoms with Crippen molar-refractivity contribution < 1.29 is 9.90 Å². The Labute approximate surface area is 48.0 Å². The average Bonchev–Trinajstić information content (AvgIpc) is 1.84. The highest BCUT2D eigenvalue weighted by Crippen LogP contribution is 1.84. The van der Waals surface area contributed by atoms with Crippen LogP contribution < -0.4 is 5.32 Å². The third-order valence-corrected chi connectivity index (χ3v) is 0.643. The quantitative estimate of drug-likeness (QED) is 0.368. The van der Waals surface area contributed by atoms with Crippen LogP contribution in [0.3, 0.4) is 0 Å². The number of nitrogens with one attached hydrogen (secondary N) is 1. The SMILES string of the molecule is [CH]NC(=O)C(=C)CO. The van der Waals surface area contributed by atoms with E-state index in [0.29, 0.717) is 0 Å². The van der Waals surface area contributed by atoms with Gasteiger partial charge in [0.15, 0.2) is 0 Å². The summed E-state index contributed by atoms with van der Waals surface area (Å²) in [4.78, 5) is 10.2. The average molecular weight is 113 g/mol. The fraction of sp³-hybridized carbons (Fsp3) is 0.200. The van der Waals surface area contributed by atoms with E-state index in [1.165, 1.54) is 0 Å². The van der Waals surface area contributed by atoms with E-state index in [-0.39, 0.29) is 12.2 Å². The van der Waals surface area contributed by atoms with Crippen molar-refractivity contribution in [1.82, 2.24) is 5.32 Å². The summed E-state index contributed by atoms with van der Waals surface area (Å²) in [5.41, 5.74) is 0.0625. The van der Waals surface area contributed by atoms with Crippen LogP contribution in [-0.4, -0.2) is 17.6 Å². The molecule has 0 saturated carbocycles. The molecular weight excluding hydrogens is 106 g/mol.